The van der Waals surface area contributed by atoms with Gasteiger partial charge in [0, 0.05) is 32.1 Å². The lowest BCUT2D eigenvalue weighted by atomic mass is 10.1. The lowest BCUT2D eigenvalue weighted by Gasteiger charge is -2.37. The molecule has 0 atom stereocenters. The number of alkyl halides is 3. The fraction of sp³-hybridized carbons (Fsp3) is 0.917. The summed E-state index contributed by atoms with van der Waals surface area (Å²) in [5.74, 6) is 0.998. The summed E-state index contributed by atoms with van der Waals surface area (Å²) in [5, 5.41) is 8.11. The van der Waals surface area contributed by atoms with E-state index in [9.17, 15) is 13.2 Å². The third kappa shape index (κ3) is 3.60. The van der Waals surface area contributed by atoms with Crippen LogP contribution in [0.25, 0.3) is 0 Å². The average molecular weight is 263 g/mol. The van der Waals surface area contributed by atoms with Crippen molar-refractivity contribution in [2.24, 2.45) is 5.92 Å². The predicted molar refractivity (Wildman–Crippen MR) is 63.8 cm³/mol. The zero-order chi connectivity index (χ0) is 13.2. The van der Waals surface area contributed by atoms with Crippen molar-refractivity contribution in [3.05, 3.63) is 0 Å². The summed E-state index contributed by atoms with van der Waals surface area (Å²) in [6.07, 6.45) is 0.395. The zero-order valence-corrected chi connectivity index (χ0v) is 10.5. The topological polar surface area (TPSA) is 30.3 Å². The van der Waals surface area contributed by atoms with Crippen molar-refractivity contribution in [2.45, 2.75) is 31.9 Å². The molecule has 2 rings (SSSR count). The fourth-order valence-corrected chi connectivity index (χ4v) is 2.86. The Balaban J connectivity index is 1.77. The minimum Gasteiger partial charge on any atom is -0.358 e. The van der Waals surface area contributed by atoms with Gasteiger partial charge in [-0.25, -0.2) is 0 Å². The van der Waals surface area contributed by atoms with Crippen LogP contribution in [0.5, 0.6) is 0 Å². The number of nitrogens with one attached hydrogen (secondary N) is 1. The van der Waals surface area contributed by atoms with Crippen molar-refractivity contribution in [1.82, 2.24) is 9.80 Å². The van der Waals surface area contributed by atoms with E-state index < -0.39 is 12.7 Å². The minimum absolute atomic E-state index is 0.346. The van der Waals surface area contributed by atoms with Gasteiger partial charge in [0.25, 0.3) is 0 Å². The minimum atomic E-state index is -4.11. The summed E-state index contributed by atoms with van der Waals surface area (Å²) < 4.78 is 36.7. The molecule has 1 aliphatic heterocycles. The standard InChI is InChI=1S/C12H20F3N3/c13-12(14,15)9-17-5-7-18(8-6-17)11(16)10-3-1-2-4-10/h10,16H,1-9H2. The molecule has 0 amide bonds. The van der Waals surface area contributed by atoms with E-state index >= 15 is 0 Å². The van der Waals surface area contributed by atoms with Crippen molar-refractivity contribution in [1.29, 1.82) is 5.41 Å². The van der Waals surface area contributed by atoms with Crippen LogP contribution in [-0.2, 0) is 0 Å². The number of amidine groups is 1. The monoisotopic (exact) mass is 263 g/mol. The highest BCUT2D eigenvalue weighted by molar-refractivity contribution is 5.82. The van der Waals surface area contributed by atoms with Crippen LogP contribution < -0.4 is 0 Å². The maximum atomic E-state index is 12.2. The summed E-state index contributed by atoms with van der Waals surface area (Å²) in [4.78, 5) is 3.39. The Bertz CT molecular complexity index is 289. The molecular weight excluding hydrogens is 243 g/mol. The van der Waals surface area contributed by atoms with E-state index in [1.54, 1.807) is 0 Å². The van der Waals surface area contributed by atoms with Crippen molar-refractivity contribution < 1.29 is 13.2 Å². The molecule has 0 aromatic rings. The highest BCUT2D eigenvalue weighted by Crippen LogP contribution is 2.27. The van der Waals surface area contributed by atoms with Crippen molar-refractivity contribution in [2.75, 3.05) is 32.7 Å². The third-order valence-corrected chi connectivity index (χ3v) is 3.86. The summed E-state index contributed by atoms with van der Waals surface area (Å²) in [5.41, 5.74) is 0. The Morgan fingerprint density at radius 2 is 1.61 bits per heavy atom. The molecule has 0 unspecified atom stereocenters. The normalized spacial score (nSPS) is 23.6. The second kappa shape index (κ2) is 5.47. The van der Waals surface area contributed by atoms with E-state index in [2.05, 4.69) is 0 Å². The molecule has 2 aliphatic rings. The number of rotatable bonds is 2. The first kappa shape index (κ1) is 13.6. The maximum absolute atomic E-state index is 12.2. The van der Waals surface area contributed by atoms with Crippen molar-refractivity contribution in [3.8, 4) is 0 Å². The van der Waals surface area contributed by atoms with E-state index in [1.807, 2.05) is 4.90 Å². The van der Waals surface area contributed by atoms with Crippen LogP contribution in [0.15, 0.2) is 0 Å². The van der Waals surface area contributed by atoms with E-state index in [0.29, 0.717) is 37.9 Å². The van der Waals surface area contributed by atoms with Gasteiger partial charge in [-0.05, 0) is 12.8 Å². The molecule has 0 aromatic heterocycles. The Labute approximate surface area is 105 Å². The molecule has 18 heavy (non-hydrogen) atoms. The van der Waals surface area contributed by atoms with Crippen LogP contribution in [0.3, 0.4) is 0 Å². The molecule has 1 saturated heterocycles. The van der Waals surface area contributed by atoms with Gasteiger partial charge in [0.15, 0.2) is 0 Å². The van der Waals surface area contributed by atoms with E-state index in [4.69, 9.17) is 5.41 Å². The highest BCUT2D eigenvalue weighted by Gasteiger charge is 2.33. The first-order valence-electron chi connectivity index (χ1n) is 6.58. The average Bonchev–Trinajstić information content (AvgIpc) is 2.80. The molecule has 0 bridgehead atoms. The quantitative estimate of drug-likeness (QED) is 0.612. The van der Waals surface area contributed by atoms with E-state index in [0.717, 1.165) is 12.8 Å². The number of piperazine rings is 1. The molecule has 2 fully saturated rings. The smallest absolute Gasteiger partial charge is 0.358 e. The number of halogens is 3. The molecule has 0 radical (unpaired) electrons. The molecule has 1 aliphatic carbocycles. The van der Waals surface area contributed by atoms with Gasteiger partial charge in [0.2, 0.25) is 0 Å². The van der Waals surface area contributed by atoms with Gasteiger partial charge in [0.05, 0.1) is 12.4 Å². The van der Waals surface area contributed by atoms with E-state index in [1.165, 1.54) is 17.7 Å². The highest BCUT2D eigenvalue weighted by atomic mass is 19.4. The zero-order valence-electron chi connectivity index (χ0n) is 10.5. The predicted octanol–water partition coefficient (Wildman–Crippen LogP) is 2.33. The van der Waals surface area contributed by atoms with Crippen molar-refractivity contribution >= 4 is 5.84 Å². The van der Waals surface area contributed by atoms with Crippen LogP contribution in [0.2, 0.25) is 0 Å². The summed E-state index contributed by atoms with van der Waals surface area (Å²) in [6.45, 7) is 1.12. The van der Waals surface area contributed by atoms with Crippen LogP contribution >= 0.6 is 0 Å². The van der Waals surface area contributed by atoms with Gasteiger partial charge in [-0.15, -0.1) is 0 Å². The van der Waals surface area contributed by atoms with Gasteiger partial charge in [-0.2, -0.15) is 13.2 Å². The molecule has 104 valence electrons. The summed E-state index contributed by atoms with van der Waals surface area (Å²) in [7, 11) is 0. The molecule has 1 saturated carbocycles. The number of hydrogen-bond donors (Lipinski definition) is 1. The molecule has 1 heterocycles. The van der Waals surface area contributed by atoms with Gasteiger partial charge < -0.3 is 4.90 Å². The van der Waals surface area contributed by atoms with Gasteiger partial charge in [0.1, 0.15) is 0 Å². The lowest BCUT2D eigenvalue weighted by molar-refractivity contribution is -0.148. The second-order valence-corrected chi connectivity index (χ2v) is 5.24. The molecule has 0 spiro atoms. The molecular formula is C12H20F3N3. The first-order valence-corrected chi connectivity index (χ1v) is 6.58. The first-order chi connectivity index (χ1) is 8.46. The Morgan fingerprint density at radius 3 is 2.11 bits per heavy atom. The number of hydrogen-bond acceptors (Lipinski definition) is 2. The van der Waals surface area contributed by atoms with Gasteiger partial charge in [-0.3, -0.25) is 10.3 Å². The van der Waals surface area contributed by atoms with E-state index in [-0.39, 0.29) is 0 Å². The molecule has 0 aromatic carbocycles. The second-order valence-electron chi connectivity index (χ2n) is 5.24. The lowest BCUT2D eigenvalue weighted by Crippen LogP contribution is -2.51. The fourth-order valence-electron chi connectivity index (χ4n) is 2.86. The van der Waals surface area contributed by atoms with Crippen LogP contribution in [-0.4, -0.2) is 54.5 Å². The molecule has 6 heteroatoms. The molecule has 3 nitrogen and oxygen atoms in total. The Hall–Kier alpha value is -0.780. The number of nitrogens with zero attached hydrogens (tertiary/aromatic N) is 2. The van der Waals surface area contributed by atoms with Gasteiger partial charge >= 0.3 is 6.18 Å². The Morgan fingerprint density at radius 1 is 1.06 bits per heavy atom. The van der Waals surface area contributed by atoms with Crippen LogP contribution in [0, 0.1) is 11.3 Å². The van der Waals surface area contributed by atoms with Crippen molar-refractivity contribution in [3.63, 3.8) is 0 Å². The Kier molecular flexibility index (Phi) is 4.14. The summed E-state index contributed by atoms with van der Waals surface area (Å²) >= 11 is 0. The maximum Gasteiger partial charge on any atom is 0.401 e. The largest absolute Gasteiger partial charge is 0.401 e. The van der Waals surface area contributed by atoms with Gasteiger partial charge in [-0.1, -0.05) is 12.8 Å². The third-order valence-electron chi connectivity index (χ3n) is 3.86. The SMILES string of the molecule is N=C(C1CCCC1)N1CCN(CC(F)(F)F)CC1. The van der Waals surface area contributed by atoms with Crippen LogP contribution in [0.1, 0.15) is 25.7 Å². The van der Waals surface area contributed by atoms with Crippen LogP contribution in [0.4, 0.5) is 13.2 Å². The summed E-state index contributed by atoms with van der Waals surface area (Å²) in [6, 6.07) is 0. The molecule has 1 N–H and O–H groups in total.